The molecule has 0 saturated carbocycles. The number of carbonyl (C=O) groups is 3. The normalized spacial score (nSPS) is 13.8. The summed E-state index contributed by atoms with van der Waals surface area (Å²) in [7, 11) is 1.54. The molecule has 0 spiro atoms. The summed E-state index contributed by atoms with van der Waals surface area (Å²) in [5.74, 6) is -1.78. The van der Waals surface area contributed by atoms with E-state index in [1.807, 2.05) is 43.3 Å². The first-order valence-electron chi connectivity index (χ1n) is 15.3. The number of pyridine rings is 1. The van der Waals surface area contributed by atoms with E-state index in [0.717, 1.165) is 60.1 Å². The van der Waals surface area contributed by atoms with Gasteiger partial charge in [-0.2, -0.15) is 0 Å². The molecule has 1 unspecified atom stereocenters. The van der Waals surface area contributed by atoms with Crippen LogP contribution in [-0.4, -0.2) is 35.1 Å². The molecular formula is C35H38N2O6S. The van der Waals surface area contributed by atoms with Gasteiger partial charge in [-0.05, 0) is 68.5 Å². The number of fused-ring (bicyclic) bond motifs is 2. The van der Waals surface area contributed by atoms with Gasteiger partial charge in [0.25, 0.3) is 11.5 Å². The van der Waals surface area contributed by atoms with E-state index in [4.69, 9.17) is 9.47 Å². The Kier molecular flexibility index (Phi) is 9.64. The predicted molar refractivity (Wildman–Crippen MR) is 174 cm³/mol. The molecule has 0 fully saturated rings. The molecule has 2 aromatic carbocycles. The van der Waals surface area contributed by atoms with Crippen LogP contribution < -0.4 is 10.9 Å². The average Bonchev–Trinajstić information content (AvgIpc) is 3.33. The highest BCUT2D eigenvalue weighted by Gasteiger charge is 2.31. The number of aryl methyl sites for hydroxylation is 2. The number of amides is 1. The van der Waals surface area contributed by atoms with Crippen molar-refractivity contribution in [3.8, 4) is 11.1 Å². The van der Waals surface area contributed by atoms with Gasteiger partial charge in [-0.1, -0.05) is 67.8 Å². The minimum Gasteiger partial charge on any atom is -0.462 e. The van der Waals surface area contributed by atoms with Crippen molar-refractivity contribution < 1.29 is 23.9 Å². The lowest BCUT2D eigenvalue weighted by Gasteiger charge is -2.20. The van der Waals surface area contributed by atoms with Crippen LogP contribution in [-0.2, 0) is 34.2 Å². The first-order valence-corrected chi connectivity index (χ1v) is 16.1. The molecule has 1 amide bonds. The molecule has 9 heteroatoms. The Morgan fingerprint density at radius 1 is 0.932 bits per heavy atom. The highest BCUT2D eigenvalue weighted by Crippen LogP contribution is 2.38. The largest absolute Gasteiger partial charge is 0.462 e. The predicted octanol–water partition coefficient (Wildman–Crippen LogP) is 6.99. The minimum absolute atomic E-state index is 0.0649. The number of rotatable bonds is 8. The number of hydrogen-bond donors (Lipinski definition) is 1. The number of aromatic nitrogens is 1. The average molecular weight is 615 g/mol. The summed E-state index contributed by atoms with van der Waals surface area (Å²) in [6.45, 7) is 5.70. The van der Waals surface area contributed by atoms with Crippen molar-refractivity contribution in [3.63, 3.8) is 0 Å². The fourth-order valence-electron chi connectivity index (χ4n) is 5.84. The molecule has 0 bridgehead atoms. The van der Waals surface area contributed by atoms with E-state index in [2.05, 4.69) is 5.32 Å². The Hall–Kier alpha value is -4.24. The number of anilines is 1. The highest BCUT2D eigenvalue weighted by molar-refractivity contribution is 7.17. The fourth-order valence-corrected chi connectivity index (χ4v) is 7.12. The zero-order valence-corrected chi connectivity index (χ0v) is 26.5. The van der Waals surface area contributed by atoms with Crippen LogP contribution in [0.15, 0.2) is 53.3 Å². The van der Waals surface area contributed by atoms with Crippen molar-refractivity contribution in [3.05, 3.63) is 86.1 Å². The Morgan fingerprint density at radius 3 is 2.30 bits per heavy atom. The van der Waals surface area contributed by atoms with Crippen LogP contribution in [0.5, 0.6) is 0 Å². The van der Waals surface area contributed by atoms with Crippen molar-refractivity contribution in [1.82, 2.24) is 4.57 Å². The summed E-state index contributed by atoms with van der Waals surface area (Å²) < 4.78 is 12.5. The molecule has 8 nitrogen and oxygen atoms in total. The molecule has 1 aliphatic rings. The van der Waals surface area contributed by atoms with Crippen LogP contribution in [0.2, 0.25) is 0 Å². The standard InChI is InChI=1S/C35H38N2O6S/c1-5-26(31(38)36-32-29(34(40)42-6-2)25-15-9-7-8-10-16-27(25)44-32)43-35(41)30-28(22-19-17-21(3)18-20-22)23-13-11-12-14-24(23)33(39)37(30)4/h11-14,17-20,26H,5-10,15-16H2,1-4H3,(H,36,38). The molecule has 2 aromatic heterocycles. The maximum atomic E-state index is 13.9. The number of benzene rings is 2. The zero-order chi connectivity index (χ0) is 31.4. The Balaban J connectivity index is 1.50. The second-order valence-corrected chi connectivity index (χ2v) is 12.2. The van der Waals surface area contributed by atoms with Gasteiger partial charge in [0.05, 0.1) is 12.2 Å². The number of nitrogens with zero attached hydrogens (tertiary/aromatic N) is 1. The Bertz CT molecular complexity index is 1770. The number of thiophene rings is 1. The van der Waals surface area contributed by atoms with Crippen molar-refractivity contribution in [1.29, 1.82) is 0 Å². The van der Waals surface area contributed by atoms with Crippen LogP contribution >= 0.6 is 11.3 Å². The summed E-state index contributed by atoms with van der Waals surface area (Å²) in [6.07, 6.45) is 4.83. The fraction of sp³-hybridized carbons (Fsp3) is 0.371. The summed E-state index contributed by atoms with van der Waals surface area (Å²) in [5, 5.41) is 4.42. The van der Waals surface area contributed by atoms with Crippen LogP contribution in [0, 0.1) is 6.92 Å². The van der Waals surface area contributed by atoms with Crippen molar-refractivity contribution in [2.45, 2.75) is 71.8 Å². The third-order valence-corrected chi connectivity index (χ3v) is 9.34. The molecular weight excluding hydrogens is 576 g/mol. The molecule has 0 saturated heterocycles. The molecule has 230 valence electrons. The molecule has 2 heterocycles. The monoisotopic (exact) mass is 614 g/mol. The highest BCUT2D eigenvalue weighted by atomic mass is 32.1. The van der Waals surface area contributed by atoms with Crippen LogP contribution in [0.4, 0.5) is 5.00 Å². The molecule has 44 heavy (non-hydrogen) atoms. The number of carbonyl (C=O) groups excluding carboxylic acids is 3. The third kappa shape index (κ3) is 6.19. The molecule has 4 aromatic rings. The van der Waals surface area contributed by atoms with E-state index in [1.165, 1.54) is 23.0 Å². The summed E-state index contributed by atoms with van der Waals surface area (Å²) in [4.78, 5) is 55.1. The summed E-state index contributed by atoms with van der Waals surface area (Å²) in [5.41, 5.74) is 3.45. The van der Waals surface area contributed by atoms with Crippen LogP contribution in [0.1, 0.15) is 82.8 Å². The lowest BCUT2D eigenvalue weighted by Crippen LogP contribution is -2.34. The van der Waals surface area contributed by atoms with E-state index in [0.29, 0.717) is 26.9 Å². The second-order valence-electron chi connectivity index (χ2n) is 11.1. The first kappa shape index (κ1) is 31.2. The smallest absolute Gasteiger partial charge is 0.356 e. The Labute approximate surface area is 261 Å². The number of hydrogen-bond acceptors (Lipinski definition) is 7. The zero-order valence-electron chi connectivity index (χ0n) is 25.7. The molecule has 1 aliphatic carbocycles. The molecule has 5 rings (SSSR count). The van der Waals surface area contributed by atoms with Crippen LogP contribution in [0.25, 0.3) is 21.9 Å². The van der Waals surface area contributed by atoms with E-state index in [9.17, 15) is 19.2 Å². The third-order valence-electron chi connectivity index (χ3n) is 8.14. The van der Waals surface area contributed by atoms with Gasteiger partial charge >= 0.3 is 11.9 Å². The minimum atomic E-state index is -1.16. The summed E-state index contributed by atoms with van der Waals surface area (Å²) >= 11 is 1.40. The Morgan fingerprint density at radius 2 is 1.61 bits per heavy atom. The van der Waals surface area contributed by atoms with E-state index in [-0.39, 0.29) is 24.3 Å². The molecule has 0 radical (unpaired) electrons. The van der Waals surface area contributed by atoms with Gasteiger partial charge < -0.3 is 19.4 Å². The van der Waals surface area contributed by atoms with Gasteiger partial charge in [-0.25, -0.2) is 9.59 Å². The number of nitrogens with one attached hydrogen (secondary N) is 1. The van der Waals surface area contributed by atoms with Gasteiger partial charge in [0, 0.05) is 22.9 Å². The van der Waals surface area contributed by atoms with Crippen molar-refractivity contribution in [2.24, 2.45) is 7.05 Å². The first-order chi connectivity index (χ1) is 21.2. The maximum Gasteiger partial charge on any atom is 0.356 e. The SMILES string of the molecule is CCOC(=O)c1c(NC(=O)C(CC)OC(=O)c2c(-c3ccc(C)cc3)c3ccccc3c(=O)n2C)sc2c1CCCCCC2. The van der Waals surface area contributed by atoms with Gasteiger partial charge in [-0.3, -0.25) is 9.59 Å². The second kappa shape index (κ2) is 13.6. The van der Waals surface area contributed by atoms with Gasteiger partial charge in [0.1, 0.15) is 10.7 Å². The lowest BCUT2D eigenvalue weighted by atomic mass is 9.96. The number of esters is 2. The van der Waals surface area contributed by atoms with Crippen LogP contribution in [0.3, 0.4) is 0 Å². The molecule has 1 N–H and O–H groups in total. The van der Waals surface area contributed by atoms with E-state index >= 15 is 0 Å². The van der Waals surface area contributed by atoms with E-state index < -0.39 is 23.9 Å². The van der Waals surface area contributed by atoms with Crippen molar-refractivity contribution >= 4 is 45.0 Å². The summed E-state index contributed by atoms with van der Waals surface area (Å²) in [6, 6.07) is 14.9. The van der Waals surface area contributed by atoms with Crippen molar-refractivity contribution in [2.75, 3.05) is 11.9 Å². The van der Waals surface area contributed by atoms with E-state index in [1.54, 1.807) is 26.0 Å². The maximum absolute atomic E-state index is 13.9. The lowest BCUT2D eigenvalue weighted by molar-refractivity contribution is -0.124. The van der Waals surface area contributed by atoms with Gasteiger partial charge in [0.15, 0.2) is 6.10 Å². The molecule has 1 atom stereocenters. The molecule has 0 aliphatic heterocycles. The topological polar surface area (TPSA) is 104 Å². The number of ether oxygens (including phenoxy) is 2. The van der Waals surface area contributed by atoms with Gasteiger partial charge in [-0.15, -0.1) is 11.3 Å². The quantitative estimate of drug-likeness (QED) is 0.215. The van der Waals surface area contributed by atoms with Gasteiger partial charge in [0.2, 0.25) is 0 Å².